The largest absolute Gasteiger partial charge is 0.307 e. The van der Waals surface area contributed by atoms with Gasteiger partial charge in [-0.25, -0.2) is 0 Å². The summed E-state index contributed by atoms with van der Waals surface area (Å²) in [7, 11) is 0. The van der Waals surface area contributed by atoms with E-state index in [2.05, 4.69) is 16.8 Å². The molecule has 54 valence electrons. The highest BCUT2D eigenvalue weighted by molar-refractivity contribution is 7.07. The fraction of sp³-hybridized carbons (Fsp3) is 0.375. The normalized spacial score (nSPS) is 15.6. The summed E-state index contributed by atoms with van der Waals surface area (Å²) >= 11 is 1.81. The molecule has 0 bridgehead atoms. The van der Waals surface area contributed by atoms with Crippen LogP contribution in [0.25, 0.3) is 0 Å². The van der Waals surface area contributed by atoms with Crippen molar-refractivity contribution in [1.29, 1.82) is 0 Å². The van der Waals surface area contributed by atoms with Crippen LogP contribution in [-0.2, 0) is 4.79 Å². The predicted molar refractivity (Wildman–Crippen MR) is 43.4 cm³/mol. The zero-order valence-electron chi connectivity index (χ0n) is 5.75. The molecule has 2 rings (SSSR count). The minimum absolute atomic E-state index is 0.946. The number of carbonyl (C=O) groups is 1. The summed E-state index contributed by atoms with van der Waals surface area (Å²) in [5.41, 5.74) is 1.56. The Morgan fingerprint density at radius 2 is 2.20 bits per heavy atom. The van der Waals surface area contributed by atoms with E-state index in [-0.39, 0.29) is 0 Å². The van der Waals surface area contributed by atoms with Crippen molar-refractivity contribution in [2.45, 2.75) is 18.8 Å². The van der Waals surface area contributed by atoms with Crippen LogP contribution in [0.5, 0.6) is 0 Å². The van der Waals surface area contributed by atoms with Crippen molar-refractivity contribution in [2.75, 3.05) is 0 Å². The van der Waals surface area contributed by atoms with Gasteiger partial charge in [0.25, 0.3) is 0 Å². The molecule has 0 aliphatic heterocycles. The molecule has 1 saturated carbocycles. The fourth-order valence-corrected chi connectivity index (χ4v) is 1.67. The molecule has 0 aromatic carbocycles. The van der Waals surface area contributed by atoms with E-state index in [0.29, 0.717) is 0 Å². The molecule has 0 N–H and O–H groups in total. The van der Waals surface area contributed by atoms with Crippen molar-refractivity contribution in [2.24, 2.45) is 0 Å². The molecule has 1 aromatic heterocycles. The average Bonchev–Trinajstić information content (AvgIpc) is 2.72. The van der Waals surface area contributed by atoms with Crippen LogP contribution in [-0.4, -0.2) is 6.79 Å². The number of rotatable bonds is 1. The van der Waals surface area contributed by atoms with E-state index >= 15 is 0 Å². The van der Waals surface area contributed by atoms with Gasteiger partial charge in [-0.15, -0.1) is 0 Å². The molecular formula is C8H10OS. The summed E-state index contributed by atoms with van der Waals surface area (Å²) in [4.78, 5) is 8.00. The van der Waals surface area contributed by atoms with Crippen molar-refractivity contribution in [1.82, 2.24) is 0 Å². The second-order valence-corrected chi connectivity index (χ2v) is 3.11. The van der Waals surface area contributed by atoms with Crippen LogP contribution in [0, 0.1) is 0 Å². The van der Waals surface area contributed by atoms with Gasteiger partial charge in [-0.2, -0.15) is 11.3 Å². The summed E-state index contributed by atoms with van der Waals surface area (Å²) in [5.74, 6) is 0.946. The van der Waals surface area contributed by atoms with Gasteiger partial charge in [0.05, 0.1) is 0 Å². The fourth-order valence-electron chi connectivity index (χ4n) is 0.924. The van der Waals surface area contributed by atoms with Gasteiger partial charge in [-0.05, 0) is 41.1 Å². The van der Waals surface area contributed by atoms with Gasteiger partial charge >= 0.3 is 0 Å². The van der Waals surface area contributed by atoms with Gasteiger partial charge in [0, 0.05) is 0 Å². The second-order valence-electron chi connectivity index (χ2n) is 2.33. The Hall–Kier alpha value is -0.630. The molecule has 1 aliphatic rings. The van der Waals surface area contributed by atoms with E-state index in [9.17, 15) is 0 Å². The van der Waals surface area contributed by atoms with Gasteiger partial charge in [0.2, 0.25) is 0 Å². The molecule has 2 heteroatoms. The molecule has 1 aromatic rings. The number of hydrogen-bond donors (Lipinski definition) is 0. The predicted octanol–water partition coefficient (Wildman–Crippen LogP) is 2.44. The first-order valence-corrected chi connectivity index (χ1v) is 4.22. The SMILES string of the molecule is C=O.c1cc(C2CC2)cs1. The summed E-state index contributed by atoms with van der Waals surface area (Å²) in [5, 5.41) is 4.42. The summed E-state index contributed by atoms with van der Waals surface area (Å²) in [6.07, 6.45) is 2.85. The Labute approximate surface area is 64.7 Å². The van der Waals surface area contributed by atoms with E-state index in [1.165, 1.54) is 12.8 Å². The lowest BCUT2D eigenvalue weighted by Gasteiger charge is -1.82. The average molecular weight is 154 g/mol. The van der Waals surface area contributed by atoms with Crippen LogP contribution in [0.3, 0.4) is 0 Å². The van der Waals surface area contributed by atoms with Crippen LogP contribution < -0.4 is 0 Å². The molecule has 0 atom stereocenters. The van der Waals surface area contributed by atoms with Crippen molar-refractivity contribution in [3.8, 4) is 0 Å². The van der Waals surface area contributed by atoms with E-state index < -0.39 is 0 Å². The Morgan fingerprint density at radius 3 is 2.60 bits per heavy atom. The van der Waals surface area contributed by atoms with E-state index in [1.54, 1.807) is 5.56 Å². The minimum Gasteiger partial charge on any atom is -0.307 e. The van der Waals surface area contributed by atoms with Crippen LogP contribution in [0.1, 0.15) is 24.3 Å². The highest BCUT2D eigenvalue weighted by Crippen LogP contribution is 2.40. The third-order valence-electron chi connectivity index (χ3n) is 1.59. The third kappa shape index (κ3) is 1.67. The standard InChI is InChI=1S/C7H8S.CH2O/c1-2-6(1)7-3-4-8-5-7;1-2/h3-6H,1-2H2;1H2. The zero-order valence-corrected chi connectivity index (χ0v) is 6.56. The molecule has 0 saturated heterocycles. The topological polar surface area (TPSA) is 17.1 Å². The third-order valence-corrected chi connectivity index (χ3v) is 2.29. The number of hydrogen-bond acceptors (Lipinski definition) is 2. The summed E-state index contributed by atoms with van der Waals surface area (Å²) in [6.45, 7) is 2.00. The lowest BCUT2D eigenvalue weighted by atomic mass is 10.2. The quantitative estimate of drug-likeness (QED) is 0.607. The Morgan fingerprint density at radius 1 is 1.50 bits per heavy atom. The maximum Gasteiger partial charge on any atom is 0.106 e. The molecule has 1 nitrogen and oxygen atoms in total. The molecule has 0 radical (unpaired) electrons. The van der Waals surface area contributed by atoms with Crippen LogP contribution in [0.4, 0.5) is 0 Å². The van der Waals surface area contributed by atoms with Gasteiger partial charge in [0.15, 0.2) is 0 Å². The van der Waals surface area contributed by atoms with E-state index in [4.69, 9.17) is 4.79 Å². The molecule has 0 unspecified atom stereocenters. The molecule has 10 heavy (non-hydrogen) atoms. The maximum atomic E-state index is 8.00. The van der Waals surface area contributed by atoms with Gasteiger partial charge in [0.1, 0.15) is 6.79 Å². The first kappa shape index (κ1) is 7.48. The summed E-state index contributed by atoms with van der Waals surface area (Å²) < 4.78 is 0. The highest BCUT2D eigenvalue weighted by atomic mass is 32.1. The van der Waals surface area contributed by atoms with E-state index in [0.717, 1.165) is 5.92 Å². The summed E-state index contributed by atoms with van der Waals surface area (Å²) in [6, 6.07) is 2.24. The van der Waals surface area contributed by atoms with Crippen LogP contribution in [0.2, 0.25) is 0 Å². The van der Waals surface area contributed by atoms with Crippen molar-refractivity contribution >= 4 is 18.1 Å². The Bertz CT molecular complexity index is 177. The first-order chi connectivity index (χ1) is 4.97. The lowest BCUT2D eigenvalue weighted by Crippen LogP contribution is -1.65. The monoisotopic (exact) mass is 154 g/mol. The zero-order chi connectivity index (χ0) is 7.40. The smallest absolute Gasteiger partial charge is 0.106 e. The number of carbonyl (C=O) groups excluding carboxylic acids is 1. The van der Waals surface area contributed by atoms with Crippen LogP contribution >= 0.6 is 11.3 Å². The van der Waals surface area contributed by atoms with Crippen LogP contribution in [0.15, 0.2) is 16.8 Å². The lowest BCUT2D eigenvalue weighted by molar-refractivity contribution is -0.0979. The molecule has 1 aliphatic carbocycles. The van der Waals surface area contributed by atoms with Crippen molar-refractivity contribution in [3.63, 3.8) is 0 Å². The minimum atomic E-state index is 0.946. The Kier molecular flexibility index (Phi) is 2.63. The van der Waals surface area contributed by atoms with E-state index in [1.807, 2.05) is 18.1 Å². The molecule has 0 amide bonds. The second kappa shape index (κ2) is 3.52. The number of thiophene rings is 1. The van der Waals surface area contributed by atoms with Crippen molar-refractivity contribution < 1.29 is 4.79 Å². The maximum absolute atomic E-state index is 8.00. The molecule has 1 heterocycles. The molecule has 1 fully saturated rings. The van der Waals surface area contributed by atoms with Gasteiger partial charge in [-0.1, -0.05) is 0 Å². The van der Waals surface area contributed by atoms with Gasteiger partial charge < -0.3 is 4.79 Å². The molecular weight excluding hydrogens is 144 g/mol. The van der Waals surface area contributed by atoms with Crippen molar-refractivity contribution in [3.05, 3.63) is 22.4 Å². The Balaban J connectivity index is 0.000000231. The molecule has 0 spiro atoms. The highest BCUT2D eigenvalue weighted by Gasteiger charge is 2.22. The first-order valence-electron chi connectivity index (χ1n) is 3.28. The van der Waals surface area contributed by atoms with Gasteiger partial charge in [-0.3, -0.25) is 0 Å².